The zero-order chi connectivity index (χ0) is 15.2. The van der Waals surface area contributed by atoms with E-state index in [1.165, 1.54) is 31.4 Å². The van der Waals surface area contributed by atoms with Gasteiger partial charge in [0, 0.05) is 6.04 Å². The summed E-state index contributed by atoms with van der Waals surface area (Å²) >= 11 is 0. The maximum Gasteiger partial charge on any atom is 0.416 e. The van der Waals surface area contributed by atoms with Crippen LogP contribution in [-0.4, -0.2) is 18.0 Å². The van der Waals surface area contributed by atoms with Crippen LogP contribution in [0.4, 0.5) is 13.2 Å². The molecular formula is C16H24F3N. The Labute approximate surface area is 119 Å². The SMILES string of the molecule is CC.CC(c1ccc(C(F)(F)F)cc1)N1CCCCC1. The summed E-state index contributed by atoms with van der Waals surface area (Å²) in [6, 6.07) is 5.75. The third kappa shape index (κ3) is 4.51. The molecular weight excluding hydrogens is 263 g/mol. The van der Waals surface area contributed by atoms with E-state index in [4.69, 9.17) is 0 Å². The quantitative estimate of drug-likeness (QED) is 0.715. The first kappa shape index (κ1) is 17.0. The van der Waals surface area contributed by atoms with E-state index in [1.807, 2.05) is 13.8 Å². The zero-order valence-corrected chi connectivity index (χ0v) is 12.5. The summed E-state index contributed by atoms with van der Waals surface area (Å²) < 4.78 is 37.4. The second-order valence-corrected chi connectivity index (χ2v) is 4.89. The van der Waals surface area contributed by atoms with E-state index in [0.717, 1.165) is 18.7 Å². The Hall–Kier alpha value is -1.03. The van der Waals surface area contributed by atoms with Crippen molar-refractivity contribution in [1.82, 2.24) is 4.90 Å². The first-order chi connectivity index (χ1) is 9.48. The molecule has 114 valence electrons. The van der Waals surface area contributed by atoms with Crippen molar-refractivity contribution in [2.45, 2.75) is 52.3 Å². The Balaban J connectivity index is 0.000000956. The lowest BCUT2D eigenvalue weighted by Crippen LogP contribution is -2.32. The number of halogens is 3. The minimum absolute atomic E-state index is 0.201. The van der Waals surface area contributed by atoms with Crippen molar-refractivity contribution >= 4 is 0 Å². The lowest BCUT2D eigenvalue weighted by atomic mass is 10.0. The van der Waals surface area contributed by atoms with E-state index >= 15 is 0 Å². The molecule has 1 heterocycles. The van der Waals surface area contributed by atoms with Gasteiger partial charge in [-0.05, 0) is 50.6 Å². The Bertz CT molecular complexity index is 378. The molecule has 1 unspecified atom stereocenters. The molecule has 1 atom stereocenters. The molecule has 20 heavy (non-hydrogen) atoms. The molecule has 1 aliphatic heterocycles. The van der Waals surface area contributed by atoms with Crippen molar-refractivity contribution in [3.05, 3.63) is 35.4 Å². The molecule has 0 amide bonds. The normalized spacial score (nSPS) is 18.1. The second-order valence-electron chi connectivity index (χ2n) is 4.89. The van der Waals surface area contributed by atoms with Crippen LogP contribution >= 0.6 is 0 Å². The van der Waals surface area contributed by atoms with Crippen molar-refractivity contribution in [1.29, 1.82) is 0 Å². The second kappa shape index (κ2) is 7.67. The van der Waals surface area contributed by atoms with Crippen LogP contribution in [0, 0.1) is 0 Å². The molecule has 1 fully saturated rings. The van der Waals surface area contributed by atoms with Crippen LogP contribution in [0.25, 0.3) is 0 Å². The number of nitrogens with zero attached hydrogens (tertiary/aromatic N) is 1. The van der Waals surface area contributed by atoms with E-state index in [1.54, 1.807) is 12.1 Å². The Morgan fingerprint density at radius 2 is 1.45 bits per heavy atom. The van der Waals surface area contributed by atoms with Gasteiger partial charge in [-0.15, -0.1) is 0 Å². The lowest BCUT2D eigenvalue weighted by Gasteiger charge is -2.32. The monoisotopic (exact) mass is 287 g/mol. The molecule has 1 aliphatic rings. The minimum Gasteiger partial charge on any atom is -0.297 e. The summed E-state index contributed by atoms with van der Waals surface area (Å²) in [4.78, 5) is 2.34. The molecule has 0 spiro atoms. The molecule has 1 aromatic carbocycles. The van der Waals surface area contributed by atoms with Gasteiger partial charge >= 0.3 is 6.18 Å². The molecule has 2 rings (SSSR count). The summed E-state index contributed by atoms with van der Waals surface area (Å²) in [5, 5.41) is 0. The van der Waals surface area contributed by atoms with Crippen molar-refractivity contribution in [2.24, 2.45) is 0 Å². The summed E-state index contributed by atoms with van der Waals surface area (Å²) in [5.41, 5.74) is 0.391. The van der Waals surface area contributed by atoms with Gasteiger partial charge in [0.1, 0.15) is 0 Å². The van der Waals surface area contributed by atoms with Crippen molar-refractivity contribution in [3.63, 3.8) is 0 Å². The fourth-order valence-corrected chi connectivity index (χ4v) is 2.47. The summed E-state index contributed by atoms with van der Waals surface area (Å²) in [6.45, 7) is 8.15. The predicted molar refractivity (Wildman–Crippen MR) is 76.6 cm³/mol. The van der Waals surface area contributed by atoms with E-state index in [0.29, 0.717) is 0 Å². The zero-order valence-electron chi connectivity index (χ0n) is 12.5. The topological polar surface area (TPSA) is 3.24 Å². The largest absolute Gasteiger partial charge is 0.416 e. The Kier molecular flexibility index (Phi) is 6.53. The predicted octanol–water partition coefficient (Wildman–Crippen LogP) is 5.28. The third-order valence-electron chi connectivity index (χ3n) is 3.66. The van der Waals surface area contributed by atoms with Gasteiger partial charge in [-0.25, -0.2) is 0 Å². The standard InChI is InChI=1S/C14H18F3N.C2H6/c1-11(18-9-3-2-4-10-18)12-5-7-13(8-6-12)14(15,16)17;1-2/h5-8,11H,2-4,9-10H2,1H3;1-2H3. The van der Waals surface area contributed by atoms with Gasteiger partial charge in [0.2, 0.25) is 0 Å². The fourth-order valence-electron chi connectivity index (χ4n) is 2.47. The Morgan fingerprint density at radius 3 is 1.90 bits per heavy atom. The number of rotatable bonds is 2. The number of piperidine rings is 1. The molecule has 1 aromatic rings. The molecule has 0 bridgehead atoms. The third-order valence-corrected chi connectivity index (χ3v) is 3.66. The van der Waals surface area contributed by atoms with Crippen LogP contribution in [0.3, 0.4) is 0 Å². The molecule has 0 saturated carbocycles. The summed E-state index contributed by atoms with van der Waals surface area (Å²) in [5.74, 6) is 0. The molecule has 0 aliphatic carbocycles. The van der Waals surface area contributed by atoms with Crippen LogP contribution in [0.5, 0.6) is 0 Å². The van der Waals surface area contributed by atoms with Crippen LogP contribution in [0.2, 0.25) is 0 Å². The number of hydrogen-bond acceptors (Lipinski definition) is 1. The van der Waals surface area contributed by atoms with Crippen LogP contribution in [-0.2, 0) is 6.18 Å². The average molecular weight is 287 g/mol. The van der Waals surface area contributed by atoms with Gasteiger partial charge < -0.3 is 0 Å². The van der Waals surface area contributed by atoms with Gasteiger partial charge in [0.25, 0.3) is 0 Å². The van der Waals surface area contributed by atoms with Crippen LogP contribution < -0.4 is 0 Å². The molecule has 0 aromatic heterocycles. The van der Waals surface area contributed by atoms with Crippen LogP contribution in [0.15, 0.2) is 24.3 Å². The highest BCUT2D eigenvalue weighted by Gasteiger charge is 2.30. The average Bonchev–Trinajstić information content (AvgIpc) is 2.49. The number of likely N-dealkylation sites (tertiary alicyclic amines) is 1. The van der Waals surface area contributed by atoms with Gasteiger partial charge in [-0.2, -0.15) is 13.2 Å². The molecule has 1 nitrogen and oxygen atoms in total. The smallest absolute Gasteiger partial charge is 0.297 e. The molecule has 0 radical (unpaired) electrons. The lowest BCUT2D eigenvalue weighted by molar-refractivity contribution is -0.137. The highest BCUT2D eigenvalue weighted by Crippen LogP contribution is 2.31. The van der Waals surface area contributed by atoms with E-state index in [9.17, 15) is 13.2 Å². The summed E-state index contributed by atoms with van der Waals surface area (Å²) in [7, 11) is 0. The van der Waals surface area contributed by atoms with E-state index in [2.05, 4.69) is 11.8 Å². The summed E-state index contributed by atoms with van der Waals surface area (Å²) in [6.07, 6.45) is -0.612. The number of benzene rings is 1. The number of alkyl halides is 3. The van der Waals surface area contributed by atoms with Gasteiger partial charge in [-0.3, -0.25) is 4.90 Å². The van der Waals surface area contributed by atoms with Gasteiger partial charge in [-0.1, -0.05) is 32.4 Å². The number of hydrogen-bond donors (Lipinski definition) is 0. The maximum absolute atomic E-state index is 12.5. The first-order valence-corrected chi connectivity index (χ1v) is 7.39. The van der Waals surface area contributed by atoms with Crippen molar-refractivity contribution in [2.75, 3.05) is 13.1 Å². The van der Waals surface area contributed by atoms with Gasteiger partial charge in [0.15, 0.2) is 0 Å². The molecule has 4 heteroatoms. The van der Waals surface area contributed by atoms with Crippen molar-refractivity contribution in [3.8, 4) is 0 Å². The van der Waals surface area contributed by atoms with Crippen molar-refractivity contribution < 1.29 is 13.2 Å². The van der Waals surface area contributed by atoms with Crippen LogP contribution in [0.1, 0.15) is 57.2 Å². The van der Waals surface area contributed by atoms with E-state index < -0.39 is 11.7 Å². The minimum atomic E-state index is -4.24. The fraction of sp³-hybridized carbons (Fsp3) is 0.625. The highest BCUT2D eigenvalue weighted by molar-refractivity contribution is 5.26. The maximum atomic E-state index is 12.5. The molecule has 0 N–H and O–H groups in total. The molecule has 1 saturated heterocycles. The Morgan fingerprint density at radius 1 is 0.950 bits per heavy atom. The van der Waals surface area contributed by atoms with Gasteiger partial charge in [0.05, 0.1) is 5.56 Å². The first-order valence-electron chi connectivity index (χ1n) is 7.39. The highest BCUT2D eigenvalue weighted by atomic mass is 19.4. The van der Waals surface area contributed by atoms with E-state index in [-0.39, 0.29) is 6.04 Å².